The van der Waals surface area contributed by atoms with Crippen LogP contribution in [-0.4, -0.2) is 11.6 Å². The number of hydrogen-bond acceptors (Lipinski definition) is 3. The number of rotatable bonds is 4. The summed E-state index contributed by atoms with van der Waals surface area (Å²) in [7, 11) is 0. The van der Waals surface area contributed by atoms with Gasteiger partial charge in [-0.15, -0.1) is 22.9 Å². The lowest BCUT2D eigenvalue weighted by Crippen LogP contribution is -2.01. The predicted molar refractivity (Wildman–Crippen MR) is 63.7 cm³/mol. The number of ether oxygens (including phenoxy) is 1. The molecule has 17 heavy (non-hydrogen) atoms. The van der Waals surface area contributed by atoms with Gasteiger partial charge >= 0.3 is 6.61 Å². The molecule has 2 nitrogen and oxygen atoms in total. The molecule has 0 aliphatic carbocycles. The number of thiazole rings is 1. The maximum Gasteiger partial charge on any atom is 0.387 e. The Bertz CT molecular complexity index is 486. The van der Waals surface area contributed by atoms with Gasteiger partial charge in [0.2, 0.25) is 0 Å². The van der Waals surface area contributed by atoms with E-state index >= 15 is 0 Å². The van der Waals surface area contributed by atoms with Crippen molar-refractivity contribution in [2.45, 2.75) is 12.5 Å². The minimum Gasteiger partial charge on any atom is -0.435 e. The number of hydrogen-bond donors (Lipinski definition) is 0. The molecule has 1 aromatic carbocycles. The van der Waals surface area contributed by atoms with Gasteiger partial charge in [0.15, 0.2) is 0 Å². The highest BCUT2D eigenvalue weighted by molar-refractivity contribution is 7.10. The van der Waals surface area contributed by atoms with Crippen molar-refractivity contribution in [2.24, 2.45) is 0 Å². The molecule has 90 valence electrons. The first-order valence-corrected chi connectivity index (χ1v) is 6.16. The number of nitrogens with zero attached hydrogens (tertiary/aromatic N) is 1. The van der Waals surface area contributed by atoms with Crippen LogP contribution in [0.25, 0.3) is 11.3 Å². The van der Waals surface area contributed by atoms with E-state index in [0.29, 0.717) is 5.88 Å². The Balaban J connectivity index is 2.17. The zero-order valence-corrected chi connectivity index (χ0v) is 10.1. The van der Waals surface area contributed by atoms with Crippen LogP contribution in [0, 0.1) is 0 Å². The maximum absolute atomic E-state index is 11.9. The highest BCUT2D eigenvalue weighted by Gasteiger charge is 2.06. The molecule has 0 unspecified atom stereocenters. The molecule has 0 bridgehead atoms. The molecule has 1 aromatic heterocycles. The molecule has 0 atom stereocenters. The molecule has 0 amide bonds. The summed E-state index contributed by atoms with van der Waals surface area (Å²) in [6.07, 6.45) is 0. The molecule has 0 spiro atoms. The highest BCUT2D eigenvalue weighted by atomic mass is 35.5. The van der Waals surface area contributed by atoms with E-state index in [9.17, 15) is 8.78 Å². The van der Waals surface area contributed by atoms with E-state index in [4.69, 9.17) is 11.6 Å². The van der Waals surface area contributed by atoms with E-state index in [1.54, 1.807) is 12.1 Å². The van der Waals surface area contributed by atoms with Crippen LogP contribution in [0.15, 0.2) is 29.6 Å². The van der Waals surface area contributed by atoms with E-state index in [1.807, 2.05) is 5.38 Å². The van der Waals surface area contributed by atoms with Crippen molar-refractivity contribution in [1.29, 1.82) is 0 Å². The van der Waals surface area contributed by atoms with Crippen LogP contribution in [-0.2, 0) is 5.88 Å². The summed E-state index contributed by atoms with van der Waals surface area (Å²) >= 11 is 7.12. The third kappa shape index (κ3) is 3.14. The second kappa shape index (κ2) is 5.42. The van der Waals surface area contributed by atoms with Gasteiger partial charge in [0.1, 0.15) is 10.8 Å². The third-order valence-electron chi connectivity index (χ3n) is 2.04. The molecular formula is C11H8ClF2NOS. The Kier molecular flexibility index (Phi) is 3.91. The Morgan fingerprint density at radius 1 is 1.29 bits per heavy atom. The Morgan fingerprint density at radius 3 is 2.53 bits per heavy atom. The Hall–Kier alpha value is -1.20. The van der Waals surface area contributed by atoms with Crippen LogP contribution < -0.4 is 4.74 Å². The van der Waals surface area contributed by atoms with E-state index in [1.165, 1.54) is 23.5 Å². The molecule has 0 radical (unpaired) electrons. The fourth-order valence-corrected chi connectivity index (χ4v) is 2.21. The SMILES string of the molecule is FC(F)Oc1ccc(-c2csc(CCl)n2)cc1. The Morgan fingerprint density at radius 2 is 2.00 bits per heavy atom. The molecule has 0 N–H and O–H groups in total. The lowest BCUT2D eigenvalue weighted by Gasteiger charge is -2.04. The fourth-order valence-electron chi connectivity index (χ4n) is 1.31. The van der Waals surface area contributed by atoms with E-state index in [0.717, 1.165) is 16.3 Å². The van der Waals surface area contributed by atoms with Crippen LogP contribution in [0.1, 0.15) is 5.01 Å². The normalized spacial score (nSPS) is 10.8. The molecular weight excluding hydrogens is 268 g/mol. The lowest BCUT2D eigenvalue weighted by molar-refractivity contribution is -0.0498. The van der Waals surface area contributed by atoms with Gasteiger partial charge in [0.25, 0.3) is 0 Å². The molecule has 0 aliphatic rings. The van der Waals surface area contributed by atoms with Gasteiger partial charge in [-0.25, -0.2) is 4.98 Å². The van der Waals surface area contributed by atoms with Gasteiger partial charge in [-0.2, -0.15) is 8.78 Å². The predicted octanol–water partition coefficient (Wildman–Crippen LogP) is 4.15. The minimum absolute atomic E-state index is 0.136. The van der Waals surface area contributed by atoms with Crippen molar-refractivity contribution in [3.05, 3.63) is 34.7 Å². The zero-order chi connectivity index (χ0) is 12.3. The van der Waals surface area contributed by atoms with Crippen molar-refractivity contribution < 1.29 is 13.5 Å². The second-order valence-electron chi connectivity index (χ2n) is 3.16. The summed E-state index contributed by atoms with van der Waals surface area (Å²) < 4.78 is 28.2. The minimum atomic E-state index is -2.80. The largest absolute Gasteiger partial charge is 0.435 e. The zero-order valence-electron chi connectivity index (χ0n) is 8.57. The van der Waals surface area contributed by atoms with E-state index in [-0.39, 0.29) is 5.75 Å². The first-order valence-electron chi connectivity index (χ1n) is 4.74. The van der Waals surface area contributed by atoms with Crippen LogP contribution >= 0.6 is 22.9 Å². The van der Waals surface area contributed by atoms with Gasteiger partial charge < -0.3 is 4.74 Å². The van der Waals surface area contributed by atoms with Gasteiger partial charge in [0, 0.05) is 10.9 Å². The van der Waals surface area contributed by atoms with Crippen molar-refractivity contribution in [3.63, 3.8) is 0 Å². The molecule has 0 aliphatic heterocycles. The lowest BCUT2D eigenvalue weighted by atomic mass is 10.2. The molecule has 0 fully saturated rings. The summed E-state index contributed by atoms with van der Waals surface area (Å²) in [4.78, 5) is 4.29. The Labute approximate surface area is 106 Å². The van der Waals surface area contributed by atoms with Gasteiger partial charge in [-0.3, -0.25) is 0 Å². The smallest absolute Gasteiger partial charge is 0.387 e. The molecule has 1 heterocycles. The number of benzene rings is 1. The van der Waals surface area contributed by atoms with E-state index < -0.39 is 6.61 Å². The average molecular weight is 276 g/mol. The molecule has 2 rings (SSSR count). The first-order chi connectivity index (χ1) is 8.19. The molecule has 0 saturated heterocycles. The fraction of sp³-hybridized carbons (Fsp3) is 0.182. The summed E-state index contributed by atoms with van der Waals surface area (Å²) in [5, 5.41) is 2.70. The summed E-state index contributed by atoms with van der Waals surface area (Å²) in [6, 6.07) is 6.35. The number of halogens is 3. The second-order valence-corrected chi connectivity index (χ2v) is 4.37. The van der Waals surface area contributed by atoms with Crippen LogP contribution in [0.5, 0.6) is 5.75 Å². The summed E-state index contributed by atoms with van der Waals surface area (Å²) in [5.41, 5.74) is 1.63. The summed E-state index contributed by atoms with van der Waals surface area (Å²) in [6.45, 7) is -2.80. The average Bonchev–Trinajstić information content (AvgIpc) is 2.78. The molecule has 6 heteroatoms. The third-order valence-corrected chi connectivity index (χ3v) is 3.30. The van der Waals surface area contributed by atoms with Crippen molar-refractivity contribution in [2.75, 3.05) is 0 Å². The maximum atomic E-state index is 11.9. The first kappa shape index (κ1) is 12.3. The quantitative estimate of drug-likeness (QED) is 0.782. The topological polar surface area (TPSA) is 22.1 Å². The molecule has 0 saturated carbocycles. The number of aromatic nitrogens is 1. The molecule has 2 aromatic rings. The van der Waals surface area contributed by atoms with Gasteiger partial charge in [-0.1, -0.05) is 0 Å². The van der Waals surface area contributed by atoms with E-state index in [2.05, 4.69) is 9.72 Å². The van der Waals surface area contributed by atoms with Gasteiger partial charge in [-0.05, 0) is 24.3 Å². The summed E-state index contributed by atoms with van der Waals surface area (Å²) in [5.74, 6) is 0.508. The standard InChI is InChI=1S/C11H8ClF2NOS/c12-5-10-15-9(6-17-10)7-1-3-8(4-2-7)16-11(13)14/h1-4,6,11H,5H2. The number of alkyl halides is 3. The van der Waals surface area contributed by atoms with Crippen molar-refractivity contribution in [3.8, 4) is 17.0 Å². The highest BCUT2D eigenvalue weighted by Crippen LogP contribution is 2.25. The van der Waals surface area contributed by atoms with Gasteiger partial charge in [0.05, 0.1) is 11.6 Å². The van der Waals surface area contributed by atoms with Crippen LogP contribution in [0.2, 0.25) is 0 Å². The van der Waals surface area contributed by atoms with Crippen molar-refractivity contribution >= 4 is 22.9 Å². The van der Waals surface area contributed by atoms with Crippen LogP contribution in [0.3, 0.4) is 0 Å². The van der Waals surface area contributed by atoms with Crippen LogP contribution in [0.4, 0.5) is 8.78 Å². The monoisotopic (exact) mass is 275 g/mol. The van der Waals surface area contributed by atoms with Crippen molar-refractivity contribution in [1.82, 2.24) is 4.98 Å².